The SMILES string of the molecule is COc1c(CBr)cccc1[N+](=O)[O-]. The van der Waals surface area contributed by atoms with Crippen molar-refractivity contribution in [3.8, 4) is 5.75 Å². The maximum Gasteiger partial charge on any atom is 0.311 e. The summed E-state index contributed by atoms with van der Waals surface area (Å²) in [7, 11) is 1.43. The Balaban J connectivity index is 3.27. The molecule has 1 aromatic carbocycles. The van der Waals surface area contributed by atoms with E-state index in [1.54, 1.807) is 12.1 Å². The van der Waals surface area contributed by atoms with Gasteiger partial charge in [-0.05, 0) is 0 Å². The molecule has 0 aliphatic heterocycles. The lowest BCUT2D eigenvalue weighted by molar-refractivity contribution is -0.385. The van der Waals surface area contributed by atoms with Crippen LogP contribution >= 0.6 is 15.9 Å². The average molecular weight is 246 g/mol. The van der Waals surface area contributed by atoms with Gasteiger partial charge in [0.05, 0.1) is 12.0 Å². The van der Waals surface area contributed by atoms with Gasteiger partial charge in [-0.1, -0.05) is 28.1 Å². The Bertz CT molecular complexity index is 327. The second-order valence-electron chi connectivity index (χ2n) is 2.36. The Morgan fingerprint density at radius 2 is 2.31 bits per heavy atom. The lowest BCUT2D eigenvalue weighted by atomic mass is 10.2. The summed E-state index contributed by atoms with van der Waals surface area (Å²) in [6, 6.07) is 4.84. The average Bonchev–Trinajstić information content (AvgIpc) is 2.16. The van der Waals surface area contributed by atoms with Crippen LogP contribution in [0.3, 0.4) is 0 Å². The number of benzene rings is 1. The number of methoxy groups -OCH3 is 1. The summed E-state index contributed by atoms with van der Waals surface area (Å²) in [5.74, 6) is 0.323. The lowest BCUT2D eigenvalue weighted by Crippen LogP contribution is -1.96. The van der Waals surface area contributed by atoms with Gasteiger partial charge in [-0.2, -0.15) is 0 Å². The minimum Gasteiger partial charge on any atom is -0.490 e. The number of nitrogens with zero attached hydrogens (tertiary/aromatic N) is 1. The normalized spacial score (nSPS) is 9.69. The van der Waals surface area contributed by atoms with Gasteiger partial charge >= 0.3 is 5.69 Å². The molecule has 0 aromatic heterocycles. The zero-order chi connectivity index (χ0) is 9.84. The number of hydrogen-bond donors (Lipinski definition) is 0. The van der Waals surface area contributed by atoms with Crippen LogP contribution in [0.15, 0.2) is 18.2 Å². The molecule has 1 rings (SSSR count). The molecular weight excluding hydrogens is 238 g/mol. The fraction of sp³-hybridized carbons (Fsp3) is 0.250. The molecule has 0 aliphatic carbocycles. The predicted octanol–water partition coefficient (Wildman–Crippen LogP) is 2.50. The molecule has 4 nitrogen and oxygen atoms in total. The molecule has 0 spiro atoms. The first-order valence-corrected chi connectivity index (χ1v) is 4.69. The first kappa shape index (κ1) is 9.98. The summed E-state index contributed by atoms with van der Waals surface area (Å²) in [5, 5.41) is 11.1. The van der Waals surface area contributed by atoms with Gasteiger partial charge in [0.25, 0.3) is 0 Å². The van der Waals surface area contributed by atoms with Crippen molar-refractivity contribution < 1.29 is 9.66 Å². The van der Waals surface area contributed by atoms with Crippen LogP contribution in [0.5, 0.6) is 5.75 Å². The number of nitro groups is 1. The largest absolute Gasteiger partial charge is 0.490 e. The van der Waals surface area contributed by atoms with Crippen LogP contribution in [0, 0.1) is 10.1 Å². The minimum atomic E-state index is -0.453. The van der Waals surface area contributed by atoms with Crippen molar-refractivity contribution >= 4 is 21.6 Å². The molecule has 0 amide bonds. The lowest BCUT2D eigenvalue weighted by Gasteiger charge is -2.05. The Morgan fingerprint density at radius 1 is 1.62 bits per heavy atom. The van der Waals surface area contributed by atoms with E-state index in [0.29, 0.717) is 11.1 Å². The quantitative estimate of drug-likeness (QED) is 0.467. The molecule has 5 heteroatoms. The van der Waals surface area contributed by atoms with Crippen LogP contribution in [0.2, 0.25) is 0 Å². The molecule has 0 bridgehead atoms. The highest BCUT2D eigenvalue weighted by atomic mass is 79.9. The second kappa shape index (κ2) is 4.23. The van der Waals surface area contributed by atoms with Crippen LogP contribution in [0.25, 0.3) is 0 Å². The van der Waals surface area contributed by atoms with E-state index in [1.807, 2.05) is 0 Å². The third kappa shape index (κ3) is 1.98. The molecule has 70 valence electrons. The van der Waals surface area contributed by atoms with Crippen LogP contribution in [0.4, 0.5) is 5.69 Å². The zero-order valence-corrected chi connectivity index (χ0v) is 8.58. The van der Waals surface area contributed by atoms with E-state index in [0.717, 1.165) is 5.56 Å². The summed E-state index contributed by atoms with van der Waals surface area (Å²) < 4.78 is 4.96. The first-order chi connectivity index (χ1) is 6.20. The van der Waals surface area contributed by atoms with E-state index in [1.165, 1.54) is 13.2 Å². The molecule has 0 unspecified atom stereocenters. The van der Waals surface area contributed by atoms with Gasteiger partial charge in [-0.25, -0.2) is 0 Å². The molecule has 0 fully saturated rings. The van der Waals surface area contributed by atoms with Crippen molar-refractivity contribution in [3.63, 3.8) is 0 Å². The van der Waals surface area contributed by atoms with Crippen LogP contribution in [0.1, 0.15) is 5.56 Å². The van der Waals surface area contributed by atoms with Gasteiger partial charge < -0.3 is 4.74 Å². The maximum absolute atomic E-state index is 10.6. The van der Waals surface area contributed by atoms with E-state index in [-0.39, 0.29) is 5.69 Å². The van der Waals surface area contributed by atoms with E-state index in [4.69, 9.17) is 4.74 Å². The first-order valence-electron chi connectivity index (χ1n) is 3.57. The molecule has 0 radical (unpaired) electrons. The molecule has 0 atom stereocenters. The van der Waals surface area contributed by atoms with Crippen LogP contribution < -0.4 is 4.74 Å². The van der Waals surface area contributed by atoms with Crippen molar-refractivity contribution in [1.82, 2.24) is 0 Å². The predicted molar refractivity (Wildman–Crippen MR) is 52.3 cm³/mol. The van der Waals surface area contributed by atoms with E-state index in [2.05, 4.69) is 15.9 Å². The van der Waals surface area contributed by atoms with Crippen molar-refractivity contribution in [2.24, 2.45) is 0 Å². The summed E-state index contributed by atoms with van der Waals surface area (Å²) in [4.78, 5) is 10.1. The Hall–Kier alpha value is -1.10. The Kier molecular flexibility index (Phi) is 3.25. The molecule has 1 aromatic rings. The summed E-state index contributed by atoms with van der Waals surface area (Å²) >= 11 is 3.23. The molecule has 13 heavy (non-hydrogen) atoms. The number of rotatable bonds is 3. The molecule has 0 heterocycles. The van der Waals surface area contributed by atoms with Crippen molar-refractivity contribution in [3.05, 3.63) is 33.9 Å². The van der Waals surface area contributed by atoms with Crippen molar-refractivity contribution in [1.29, 1.82) is 0 Å². The number of ether oxygens (including phenoxy) is 1. The van der Waals surface area contributed by atoms with E-state index in [9.17, 15) is 10.1 Å². The van der Waals surface area contributed by atoms with E-state index >= 15 is 0 Å². The summed E-state index contributed by atoms with van der Waals surface area (Å²) in [6.07, 6.45) is 0. The Morgan fingerprint density at radius 3 is 2.77 bits per heavy atom. The highest BCUT2D eigenvalue weighted by molar-refractivity contribution is 9.08. The van der Waals surface area contributed by atoms with Crippen LogP contribution in [-0.4, -0.2) is 12.0 Å². The molecule has 0 N–H and O–H groups in total. The second-order valence-corrected chi connectivity index (χ2v) is 2.92. The van der Waals surface area contributed by atoms with E-state index < -0.39 is 4.92 Å². The highest BCUT2D eigenvalue weighted by Crippen LogP contribution is 2.31. The third-order valence-electron chi connectivity index (χ3n) is 1.62. The fourth-order valence-electron chi connectivity index (χ4n) is 1.06. The zero-order valence-electron chi connectivity index (χ0n) is 6.99. The van der Waals surface area contributed by atoms with Gasteiger partial charge in [0.1, 0.15) is 0 Å². The summed E-state index contributed by atoms with van der Waals surface area (Å²) in [6.45, 7) is 0. The van der Waals surface area contributed by atoms with Gasteiger partial charge in [0.2, 0.25) is 5.75 Å². The highest BCUT2D eigenvalue weighted by Gasteiger charge is 2.16. The monoisotopic (exact) mass is 245 g/mol. The number of hydrogen-bond acceptors (Lipinski definition) is 3. The van der Waals surface area contributed by atoms with Gasteiger partial charge in [0.15, 0.2) is 0 Å². The van der Waals surface area contributed by atoms with Crippen molar-refractivity contribution in [2.45, 2.75) is 5.33 Å². The molecule has 0 aliphatic rings. The topological polar surface area (TPSA) is 52.4 Å². The standard InChI is InChI=1S/C8H8BrNO3/c1-13-8-6(5-9)3-2-4-7(8)10(11)12/h2-4H,5H2,1H3. The van der Waals surface area contributed by atoms with Gasteiger partial charge in [0, 0.05) is 17.0 Å². The molecular formula is C8H8BrNO3. The maximum atomic E-state index is 10.6. The number of nitro benzene ring substituents is 1. The number of halogens is 1. The molecule has 0 saturated carbocycles. The Labute approximate surface area is 83.8 Å². The third-order valence-corrected chi connectivity index (χ3v) is 2.22. The molecule has 0 saturated heterocycles. The van der Waals surface area contributed by atoms with Crippen molar-refractivity contribution in [2.75, 3.05) is 7.11 Å². The smallest absolute Gasteiger partial charge is 0.311 e. The van der Waals surface area contributed by atoms with Gasteiger partial charge in [-0.3, -0.25) is 10.1 Å². The number of alkyl halides is 1. The minimum absolute atomic E-state index is 0.000509. The fourth-order valence-corrected chi connectivity index (χ4v) is 1.50. The van der Waals surface area contributed by atoms with Crippen LogP contribution in [-0.2, 0) is 5.33 Å². The summed E-state index contributed by atoms with van der Waals surface area (Å²) in [5.41, 5.74) is 0.774. The number of para-hydroxylation sites is 1. The van der Waals surface area contributed by atoms with Gasteiger partial charge in [-0.15, -0.1) is 0 Å².